The van der Waals surface area contributed by atoms with E-state index in [1.165, 1.54) is 36.4 Å². The summed E-state index contributed by atoms with van der Waals surface area (Å²) in [4.78, 5) is 33.3. The molecule has 39 heavy (non-hydrogen) atoms. The number of carbonyl (C=O) groups is 1. The van der Waals surface area contributed by atoms with E-state index >= 15 is 0 Å². The van der Waals surface area contributed by atoms with Gasteiger partial charge in [-0.1, -0.05) is 36.4 Å². The van der Waals surface area contributed by atoms with Crippen molar-refractivity contribution in [2.24, 2.45) is 0 Å². The number of amides is 1. The maximum absolute atomic E-state index is 12.8. The average Bonchev–Trinajstić information content (AvgIpc) is 2.89. The molecule has 5 aromatic rings. The van der Waals surface area contributed by atoms with E-state index in [0.29, 0.717) is 22.9 Å². The zero-order valence-corrected chi connectivity index (χ0v) is 21.9. The number of fused-ring (bicyclic) bond motifs is 1. The number of hydrogen-bond acceptors (Lipinski definition) is 7. The van der Waals surface area contributed by atoms with E-state index in [2.05, 4.69) is 25.1 Å². The van der Waals surface area contributed by atoms with E-state index in [4.69, 9.17) is 0 Å². The number of sulfonamides is 1. The number of aromatic nitrogens is 4. The molecular formula is C28H24N6O4S. The molecule has 0 bridgehead atoms. The van der Waals surface area contributed by atoms with Crippen LogP contribution in [-0.2, 0) is 21.4 Å². The molecule has 10 nitrogen and oxygen atoms in total. The molecule has 2 aromatic heterocycles. The van der Waals surface area contributed by atoms with E-state index < -0.39 is 21.5 Å². The van der Waals surface area contributed by atoms with Crippen LogP contribution in [0.15, 0.2) is 94.6 Å². The number of benzene rings is 3. The first-order valence-electron chi connectivity index (χ1n) is 12.0. The van der Waals surface area contributed by atoms with Gasteiger partial charge in [-0.3, -0.25) is 14.3 Å². The Morgan fingerprint density at radius 2 is 1.62 bits per heavy atom. The first kappa shape index (κ1) is 25.7. The van der Waals surface area contributed by atoms with Crippen LogP contribution in [0, 0.1) is 13.8 Å². The first-order chi connectivity index (χ1) is 18.7. The second-order valence-electron chi connectivity index (χ2n) is 8.90. The largest absolute Gasteiger partial charge is 0.324 e. The van der Waals surface area contributed by atoms with Crippen molar-refractivity contribution in [3.05, 3.63) is 107 Å². The lowest BCUT2D eigenvalue weighted by atomic mass is 10.1. The number of hydrogen-bond donors (Lipinski definition) is 2. The molecule has 1 amide bonds. The summed E-state index contributed by atoms with van der Waals surface area (Å²) in [6.07, 6.45) is 0. The molecule has 0 fully saturated rings. The predicted octanol–water partition coefficient (Wildman–Crippen LogP) is 3.91. The van der Waals surface area contributed by atoms with Crippen LogP contribution in [0.5, 0.6) is 0 Å². The van der Waals surface area contributed by atoms with E-state index in [9.17, 15) is 18.0 Å². The van der Waals surface area contributed by atoms with Gasteiger partial charge in [0.2, 0.25) is 5.91 Å². The Morgan fingerprint density at radius 1 is 0.872 bits per heavy atom. The molecule has 3 aromatic carbocycles. The van der Waals surface area contributed by atoms with Crippen LogP contribution < -0.4 is 15.6 Å². The van der Waals surface area contributed by atoms with Gasteiger partial charge in [0.25, 0.3) is 15.6 Å². The maximum atomic E-state index is 12.8. The van der Waals surface area contributed by atoms with E-state index in [1.54, 1.807) is 19.9 Å². The highest BCUT2D eigenvalue weighted by molar-refractivity contribution is 7.92. The number of anilines is 2. The number of carbonyl (C=O) groups excluding carboxylic acids is 1. The van der Waals surface area contributed by atoms with Gasteiger partial charge in [0.05, 0.1) is 10.6 Å². The summed E-state index contributed by atoms with van der Waals surface area (Å²) < 4.78 is 29.0. The van der Waals surface area contributed by atoms with Gasteiger partial charge in [-0.2, -0.15) is 5.10 Å². The van der Waals surface area contributed by atoms with Crippen molar-refractivity contribution in [1.29, 1.82) is 0 Å². The second-order valence-corrected chi connectivity index (χ2v) is 10.6. The fraction of sp³-hybridized carbons (Fsp3) is 0.107. The van der Waals surface area contributed by atoms with Crippen LogP contribution >= 0.6 is 0 Å². The van der Waals surface area contributed by atoms with Crippen LogP contribution in [0.25, 0.3) is 22.0 Å². The van der Waals surface area contributed by atoms with Crippen LogP contribution in [0.4, 0.5) is 11.5 Å². The Labute approximate surface area is 224 Å². The van der Waals surface area contributed by atoms with Gasteiger partial charge in [0.15, 0.2) is 0 Å². The fourth-order valence-corrected chi connectivity index (χ4v) is 5.08. The summed E-state index contributed by atoms with van der Waals surface area (Å²) in [6, 6.07) is 24.0. The van der Waals surface area contributed by atoms with Gasteiger partial charge < -0.3 is 5.32 Å². The van der Waals surface area contributed by atoms with Crippen molar-refractivity contribution >= 4 is 38.2 Å². The third kappa shape index (κ3) is 5.99. The van der Waals surface area contributed by atoms with Gasteiger partial charge in [-0.15, -0.1) is 0 Å². The molecule has 0 spiro atoms. The van der Waals surface area contributed by atoms with Crippen LogP contribution in [0.1, 0.15) is 11.5 Å². The van der Waals surface area contributed by atoms with Crippen LogP contribution in [0.3, 0.4) is 0 Å². The average molecular weight is 541 g/mol. The minimum atomic E-state index is -3.90. The number of nitrogens with zero attached hydrogens (tertiary/aromatic N) is 4. The predicted molar refractivity (Wildman–Crippen MR) is 149 cm³/mol. The quantitative estimate of drug-likeness (QED) is 0.319. The summed E-state index contributed by atoms with van der Waals surface area (Å²) >= 11 is 0. The third-order valence-electron chi connectivity index (χ3n) is 5.86. The van der Waals surface area contributed by atoms with E-state index in [-0.39, 0.29) is 17.3 Å². The molecule has 2 N–H and O–H groups in total. The normalized spacial score (nSPS) is 11.3. The minimum Gasteiger partial charge on any atom is -0.324 e. The summed E-state index contributed by atoms with van der Waals surface area (Å²) in [7, 11) is -3.90. The Morgan fingerprint density at radius 3 is 2.36 bits per heavy atom. The second kappa shape index (κ2) is 10.5. The van der Waals surface area contributed by atoms with Crippen molar-refractivity contribution in [2.75, 3.05) is 10.0 Å². The molecular weight excluding hydrogens is 516 g/mol. The highest BCUT2D eigenvalue weighted by Gasteiger charge is 2.16. The monoisotopic (exact) mass is 540 g/mol. The molecule has 0 atom stereocenters. The van der Waals surface area contributed by atoms with Crippen molar-refractivity contribution in [1.82, 2.24) is 19.7 Å². The summed E-state index contributed by atoms with van der Waals surface area (Å²) in [6.45, 7) is 3.10. The summed E-state index contributed by atoms with van der Waals surface area (Å²) in [5.41, 5.74) is 1.96. The van der Waals surface area contributed by atoms with Gasteiger partial charge in [-0.05, 0) is 61.0 Å². The number of rotatable bonds is 7. The SMILES string of the molecule is Cc1cc(NS(=O)(=O)c2ccc(NC(=O)Cn3nc(-c4ccc5ccccc5c4)ccc3=O)cc2)nc(C)n1. The maximum Gasteiger partial charge on any atom is 0.267 e. The van der Waals surface area contributed by atoms with Gasteiger partial charge in [0, 0.05) is 29.1 Å². The summed E-state index contributed by atoms with van der Waals surface area (Å²) in [5, 5.41) is 9.17. The molecule has 0 saturated carbocycles. The molecule has 2 heterocycles. The Balaban J connectivity index is 1.28. The van der Waals surface area contributed by atoms with E-state index in [0.717, 1.165) is 21.0 Å². The smallest absolute Gasteiger partial charge is 0.267 e. The Bertz CT molecular complexity index is 1850. The zero-order valence-electron chi connectivity index (χ0n) is 21.1. The molecule has 0 radical (unpaired) electrons. The Hall–Kier alpha value is -4.90. The lowest BCUT2D eigenvalue weighted by Gasteiger charge is -2.11. The fourth-order valence-electron chi connectivity index (χ4n) is 4.08. The third-order valence-corrected chi connectivity index (χ3v) is 7.23. The minimum absolute atomic E-state index is 0.00427. The number of nitrogens with one attached hydrogen (secondary N) is 2. The van der Waals surface area contributed by atoms with Gasteiger partial charge >= 0.3 is 0 Å². The van der Waals surface area contributed by atoms with Gasteiger partial charge in [0.1, 0.15) is 18.2 Å². The van der Waals surface area contributed by atoms with Crippen molar-refractivity contribution in [2.45, 2.75) is 25.3 Å². The Kier molecular flexibility index (Phi) is 6.90. The number of aryl methyl sites for hydroxylation is 2. The standard InChI is InChI=1S/C28H24N6O4S/c1-18-15-26(30-19(2)29-18)33-39(37,38)24-11-9-23(10-12-24)31-27(35)17-34-28(36)14-13-25(32-34)22-8-7-20-5-3-4-6-21(20)16-22/h3-16H,17H2,1-2H3,(H,31,35)(H,29,30,33). The molecule has 0 aliphatic carbocycles. The van der Waals surface area contributed by atoms with Crippen molar-refractivity contribution in [3.8, 4) is 11.3 Å². The summed E-state index contributed by atoms with van der Waals surface area (Å²) in [5.74, 6) is 0.129. The van der Waals surface area contributed by atoms with Gasteiger partial charge in [-0.25, -0.2) is 23.1 Å². The topological polar surface area (TPSA) is 136 Å². The molecule has 0 aliphatic heterocycles. The molecule has 0 unspecified atom stereocenters. The molecule has 11 heteroatoms. The van der Waals surface area contributed by atoms with Crippen molar-refractivity contribution < 1.29 is 13.2 Å². The van der Waals surface area contributed by atoms with E-state index in [1.807, 2.05) is 42.5 Å². The first-order valence-corrected chi connectivity index (χ1v) is 13.5. The molecule has 0 saturated heterocycles. The highest BCUT2D eigenvalue weighted by atomic mass is 32.2. The van der Waals surface area contributed by atoms with Crippen LogP contribution in [-0.4, -0.2) is 34.1 Å². The van der Waals surface area contributed by atoms with Crippen LogP contribution in [0.2, 0.25) is 0 Å². The molecule has 196 valence electrons. The molecule has 5 rings (SSSR count). The van der Waals surface area contributed by atoms with Crippen molar-refractivity contribution in [3.63, 3.8) is 0 Å². The zero-order chi connectivity index (χ0) is 27.6. The lowest BCUT2D eigenvalue weighted by molar-refractivity contribution is -0.117. The lowest BCUT2D eigenvalue weighted by Crippen LogP contribution is -2.29. The molecule has 0 aliphatic rings. The highest BCUT2D eigenvalue weighted by Crippen LogP contribution is 2.22.